The van der Waals surface area contributed by atoms with Crippen molar-refractivity contribution in [2.24, 2.45) is 17.3 Å². The highest BCUT2D eigenvalue weighted by molar-refractivity contribution is 5.99. The molecule has 1 atom stereocenters. The predicted octanol–water partition coefficient (Wildman–Crippen LogP) is 1.87. The highest BCUT2D eigenvalue weighted by atomic mass is 16.2. The van der Waals surface area contributed by atoms with Crippen LogP contribution in [-0.4, -0.2) is 11.8 Å². The highest BCUT2D eigenvalue weighted by Crippen LogP contribution is 2.48. The molecule has 2 rings (SSSR count). The standard InChI is InChI=1S/C12H19NO2/c1-8-3-5-12(6-4-8)7-10(14)13-11(15)9(12)2/h8-9H,3-7H2,1-2H3,(H,13,14,15). The van der Waals surface area contributed by atoms with Gasteiger partial charge in [-0.2, -0.15) is 0 Å². The molecule has 1 unspecified atom stereocenters. The number of carbonyl (C=O) groups excluding carboxylic acids is 2. The fourth-order valence-electron chi connectivity index (χ4n) is 2.99. The first-order valence-corrected chi connectivity index (χ1v) is 5.87. The van der Waals surface area contributed by atoms with Crippen molar-refractivity contribution >= 4 is 11.8 Å². The minimum absolute atomic E-state index is 0.00250. The summed E-state index contributed by atoms with van der Waals surface area (Å²) in [6.07, 6.45) is 4.94. The van der Waals surface area contributed by atoms with Gasteiger partial charge in [0.25, 0.3) is 0 Å². The maximum atomic E-state index is 11.6. The van der Waals surface area contributed by atoms with Gasteiger partial charge in [-0.1, -0.05) is 26.7 Å². The van der Waals surface area contributed by atoms with E-state index in [1.165, 1.54) is 0 Å². The lowest BCUT2D eigenvalue weighted by Gasteiger charge is -2.45. The zero-order valence-electron chi connectivity index (χ0n) is 9.51. The van der Waals surface area contributed by atoms with Gasteiger partial charge < -0.3 is 0 Å². The molecule has 1 aliphatic carbocycles. The minimum atomic E-state index is -0.0762. The Kier molecular flexibility index (Phi) is 2.57. The largest absolute Gasteiger partial charge is 0.296 e. The van der Waals surface area contributed by atoms with Crippen LogP contribution in [0.5, 0.6) is 0 Å². The number of imide groups is 1. The quantitative estimate of drug-likeness (QED) is 0.619. The first kappa shape index (κ1) is 10.7. The lowest BCUT2D eigenvalue weighted by atomic mass is 9.61. The smallest absolute Gasteiger partial charge is 0.229 e. The fraction of sp³-hybridized carbons (Fsp3) is 0.833. The zero-order chi connectivity index (χ0) is 11.1. The fourth-order valence-corrected chi connectivity index (χ4v) is 2.99. The summed E-state index contributed by atoms with van der Waals surface area (Å²) in [7, 11) is 0. The van der Waals surface area contributed by atoms with E-state index < -0.39 is 0 Å². The van der Waals surface area contributed by atoms with Crippen LogP contribution in [0.2, 0.25) is 0 Å². The molecule has 1 saturated heterocycles. The van der Waals surface area contributed by atoms with Gasteiger partial charge in [-0.05, 0) is 24.2 Å². The van der Waals surface area contributed by atoms with Gasteiger partial charge in [-0.15, -0.1) is 0 Å². The second-order valence-corrected chi connectivity index (χ2v) is 5.36. The third kappa shape index (κ3) is 1.80. The van der Waals surface area contributed by atoms with Crippen LogP contribution in [0.3, 0.4) is 0 Å². The lowest BCUT2D eigenvalue weighted by Crippen LogP contribution is -2.52. The molecule has 1 aliphatic heterocycles. The molecule has 2 aliphatic rings. The zero-order valence-corrected chi connectivity index (χ0v) is 9.51. The summed E-state index contributed by atoms with van der Waals surface area (Å²) in [4.78, 5) is 23.1. The van der Waals surface area contributed by atoms with Crippen LogP contribution < -0.4 is 5.32 Å². The summed E-state index contributed by atoms with van der Waals surface area (Å²) in [5.41, 5.74) is -0.0219. The van der Waals surface area contributed by atoms with Crippen LogP contribution in [0.25, 0.3) is 0 Å². The van der Waals surface area contributed by atoms with E-state index in [4.69, 9.17) is 0 Å². The summed E-state index contributed by atoms with van der Waals surface area (Å²) in [5, 5.41) is 2.43. The Labute approximate surface area is 90.6 Å². The van der Waals surface area contributed by atoms with E-state index in [0.29, 0.717) is 6.42 Å². The number of hydrogen-bond donors (Lipinski definition) is 1. The van der Waals surface area contributed by atoms with E-state index >= 15 is 0 Å². The Balaban J connectivity index is 2.18. The molecule has 3 heteroatoms. The van der Waals surface area contributed by atoms with Crippen molar-refractivity contribution in [2.75, 3.05) is 0 Å². The van der Waals surface area contributed by atoms with Crippen molar-refractivity contribution in [1.82, 2.24) is 5.32 Å². The van der Waals surface area contributed by atoms with Crippen molar-refractivity contribution in [3.63, 3.8) is 0 Å². The van der Waals surface area contributed by atoms with E-state index in [1.807, 2.05) is 6.92 Å². The molecule has 84 valence electrons. The van der Waals surface area contributed by atoms with Gasteiger partial charge in [0.2, 0.25) is 11.8 Å². The summed E-state index contributed by atoms with van der Waals surface area (Å²) in [6, 6.07) is 0. The van der Waals surface area contributed by atoms with Crippen LogP contribution in [0, 0.1) is 17.3 Å². The number of hydrogen-bond acceptors (Lipinski definition) is 2. The second kappa shape index (κ2) is 3.62. The predicted molar refractivity (Wildman–Crippen MR) is 57.0 cm³/mol. The lowest BCUT2D eigenvalue weighted by molar-refractivity contribution is -0.145. The van der Waals surface area contributed by atoms with Crippen molar-refractivity contribution in [3.8, 4) is 0 Å². The molecule has 0 radical (unpaired) electrons. The molecular formula is C12H19NO2. The van der Waals surface area contributed by atoms with Crippen molar-refractivity contribution in [3.05, 3.63) is 0 Å². The average Bonchev–Trinajstić information content (AvgIpc) is 2.19. The van der Waals surface area contributed by atoms with E-state index in [1.54, 1.807) is 0 Å². The van der Waals surface area contributed by atoms with Crippen molar-refractivity contribution in [1.29, 1.82) is 0 Å². The summed E-state index contributed by atoms with van der Waals surface area (Å²) in [5.74, 6) is 0.610. The minimum Gasteiger partial charge on any atom is -0.296 e. The second-order valence-electron chi connectivity index (χ2n) is 5.36. The Morgan fingerprint density at radius 1 is 1.20 bits per heavy atom. The number of amides is 2. The average molecular weight is 209 g/mol. The molecule has 1 saturated carbocycles. The summed E-state index contributed by atoms with van der Waals surface area (Å²) >= 11 is 0. The molecule has 15 heavy (non-hydrogen) atoms. The molecule has 1 spiro atoms. The molecule has 2 fully saturated rings. The first-order chi connectivity index (χ1) is 7.03. The maximum absolute atomic E-state index is 11.6. The van der Waals surface area contributed by atoms with Crippen LogP contribution in [0.1, 0.15) is 46.0 Å². The monoisotopic (exact) mass is 209 g/mol. The Bertz CT molecular complexity index is 290. The molecular weight excluding hydrogens is 190 g/mol. The van der Waals surface area contributed by atoms with Gasteiger partial charge in [0, 0.05) is 12.3 Å². The van der Waals surface area contributed by atoms with E-state index in [-0.39, 0.29) is 23.1 Å². The highest BCUT2D eigenvalue weighted by Gasteiger charge is 2.46. The number of rotatable bonds is 0. The topological polar surface area (TPSA) is 46.2 Å². The van der Waals surface area contributed by atoms with E-state index in [9.17, 15) is 9.59 Å². The SMILES string of the molecule is CC1CCC2(CC1)CC(=O)NC(=O)C2C. The van der Waals surface area contributed by atoms with E-state index in [2.05, 4.69) is 12.2 Å². The van der Waals surface area contributed by atoms with Crippen LogP contribution >= 0.6 is 0 Å². The van der Waals surface area contributed by atoms with Gasteiger partial charge >= 0.3 is 0 Å². The molecule has 1 N–H and O–H groups in total. The third-order valence-corrected chi connectivity index (χ3v) is 4.36. The van der Waals surface area contributed by atoms with Gasteiger partial charge in [-0.3, -0.25) is 14.9 Å². The molecule has 2 amide bonds. The van der Waals surface area contributed by atoms with Crippen molar-refractivity contribution in [2.45, 2.75) is 46.0 Å². The van der Waals surface area contributed by atoms with Crippen LogP contribution in [-0.2, 0) is 9.59 Å². The van der Waals surface area contributed by atoms with Gasteiger partial charge in [-0.25, -0.2) is 0 Å². The Morgan fingerprint density at radius 2 is 1.80 bits per heavy atom. The maximum Gasteiger partial charge on any atom is 0.229 e. The number of nitrogens with one attached hydrogen (secondary N) is 1. The number of piperidine rings is 1. The first-order valence-electron chi connectivity index (χ1n) is 5.87. The van der Waals surface area contributed by atoms with Crippen LogP contribution in [0.4, 0.5) is 0 Å². The molecule has 0 aromatic rings. The number of carbonyl (C=O) groups is 2. The molecule has 0 bridgehead atoms. The molecule has 0 aromatic heterocycles. The summed E-state index contributed by atoms with van der Waals surface area (Å²) in [6.45, 7) is 4.22. The third-order valence-electron chi connectivity index (χ3n) is 4.36. The molecule has 1 heterocycles. The van der Waals surface area contributed by atoms with E-state index in [0.717, 1.165) is 31.6 Å². The van der Waals surface area contributed by atoms with Gasteiger partial charge in [0.1, 0.15) is 0 Å². The molecule has 0 aromatic carbocycles. The van der Waals surface area contributed by atoms with Crippen molar-refractivity contribution < 1.29 is 9.59 Å². The van der Waals surface area contributed by atoms with Gasteiger partial charge in [0.15, 0.2) is 0 Å². The normalized spacial score (nSPS) is 41.7. The Hall–Kier alpha value is -0.860. The summed E-state index contributed by atoms with van der Waals surface area (Å²) < 4.78 is 0. The Morgan fingerprint density at radius 3 is 2.40 bits per heavy atom. The van der Waals surface area contributed by atoms with Crippen LogP contribution in [0.15, 0.2) is 0 Å². The van der Waals surface area contributed by atoms with Gasteiger partial charge in [0.05, 0.1) is 0 Å². The molecule has 3 nitrogen and oxygen atoms in total.